The molecule has 1 unspecified atom stereocenters. The highest BCUT2D eigenvalue weighted by Crippen LogP contribution is 2.28. The molecule has 0 spiro atoms. The minimum Gasteiger partial charge on any atom is -0.127 e. The van der Waals surface area contributed by atoms with Crippen LogP contribution in [0.25, 0.3) is 0 Å². The van der Waals surface area contributed by atoms with E-state index in [1.807, 2.05) is 18.2 Å². The molecule has 0 radical (unpaired) electrons. The SMILES string of the molecule is ClCCCC(Cl)Sc1ccccc1. The number of hydrogen-bond donors (Lipinski definition) is 0. The molecule has 0 aromatic heterocycles. The third kappa shape index (κ3) is 4.80. The van der Waals surface area contributed by atoms with Crippen molar-refractivity contribution in [3.63, 3.8) is 0 Å². The molecule has 0 N–H and O–H groups in total. The van der Waals surface area contributed by atoms with E-state index in [1.54, 1.807) is 11.8 Å². The molecule has 13 heavy (non-hydrogen) atoms. The monoisotopic (exact) mass is 234 g/mol. The molecular weight excluding hydrogens is 223 g/mol. The van der Waals surface area contributed by atoms with Gasteiger partial charge in [-0.1, -0.05) is 18.2 Å². The van der Waals surface area contributed by atoms with Crippen LogP contribution in [0.5, 0.6) is 0 Å². The molecule has 0 aliphatic heterocycles. The first-order chi connectivity index (χ1) is 6.33. The second-order valence-corrected chi connectivity index (χ2v) is 5.11. The van der Waals surface area contributed by atoms with Crippen molar-refractivity contribution in [2.24, 2.45) is 0 Å². The van der Waals surface area contributed by atoms with Crippen LogP contribution >= 0.6 is 35.0 Å². The fourth-order valence-electron chi connectivity index (χ4n) is 0.943. The Morgan fingerprint density at radius 3 is 2.54 bits per heavy atom. The van der Waals surface area contributed by atoms with Crippen LogP contribution in [0.2, 0.25) is 0 Å². The third-order valence-corrected chi connectivity index (χ3v) is 3.36. The summed E-state index contributed by atoms with van der Waals surface area (Å²) in [5.41, 5.74) is 0. The summed E-state index contributed by atoms with van der Waals surface area (Å²) in [5.74, 6) is 0.693. The molecule has 72 valence electrons. The molecule has 0 amide bonds. The van der Waals surface area contributed by atoms with Crippen LogP contribution < -0.4 is 0 Å². The Morgan fingerprint density at radius 2 is 1.92 bits per heavy atom. The summed E-state index contributed by atoms with van der Waals surface area (Å²) in [4.78, 5) is 1.22. The van der Waals surface area contributed by atoms with Gasteiger partial charge in [0, 0.05) is 10.8 Å². The molecule has 1 aromatic rings. The highest BCUT2D eigenvalue weighted by molar-refractivity contribution is 8.01. The zero-order chi connectivity index (χ0) is 9.52. The van der Waals surface area contributed by atoms with Gasteiger partial charge in [-0.15, -0.1) is 35.0 Å². The fraction of sp³-hybridized carbons (Fsp3) is 0.400. The molecule has 0 saturated heterocycles. The van der Waals surface area contributed by atoms with E-state index in [1.165, 1.54) is 4.90 Å². The number of benzene rings is 1. The van der Waals surface area contributed by atoms with E-state index < -0.39 is 0 Å². The Bertz CT molecular complexity index is 226. The van der Waals surface area contributed by atoms with Gasteiger partial charge in [-0.2, -0.15) is 0 Å². The summed E-state index contributed by atoms with van der Waals surface area (Å²) in [6.07, 6.45) is 1.94. The normalized spacial score (nSPS) is 12.8. The van der Waals surface area contributed by atoms with E-state index in [2.05, 4.69) is 12.1 Å². The fourth-order valence-corrected chi connectivity index (χ4v) is 2.45. The van der Waals surface area contributed by atoms with Crippen LogP contribution in [0.15, 0.2) is 35.2 Å². The van der Waals surface area contributed by atoms with E-state index in [9.17, 15) is 0 Å². The van der Waals surface area contributed by atoms with Crippen molar-refractivity contribution in [3.05, 3.63) is 30.3 Å². The topological polar surface area (TPSA) is 0 Å². The lowest BCUT2D eigenvalue weighted by atomic mass is 10.4. The average Bonchev–Trinajstić information content (AvgIpc) is 2.16. The lowest BCUT2D eigenvalue weighted by Gasteiger charge is -2.07. The number of rotatable bonds is 5. The predicted octanol–water partition coefficient (Wildman–Crippen LogP) is 4.36. The van der Waals surface area contributed by atoms with Gasteiger partial charge in [0.2, 0.25) is 0 Å². The molecule has 0 aliphatic rings. The quantitative estimate of drug-likeness (QED) is 0.539. The molecule has 0 fully saturated rings. The summed E-state index contributed by atoms with van der Waals surface area (Å²) in [7, 11) is 0. The second-order valence-electron chi connectivity index (χ2n) is 2.67. The maximum absolute atomic E-state index is 6.10. The van der Waals surface area contributed by atoms with Crippen molar-refractivity contribution in [1.82, 2.24) is 0 Å². The minimum absolute atomic E-state index is 0.140. The molecule has 1 rings (SSSR count). The molecule has 0 saturated carbocycles. The highest BCUT2D eigenvalue weighted by Gasteiger charge is 2.04. The number of hydrogen-bond acceptors (Lipinski definition) is 1. The molecule has 0 aliphatic carbocycles. The number of alkyl halides is 2. The Morgan fingerprint density at radius 1 is 1.23 bits per heavy atom. The van der Waals surface area contributed by atoms with Crippen LogP contribution in [-0.2, 0) is 0 Å². The molecular formula is C10H12Cl2S. The van der Waals surface area contributed by atoms with Crippen molar-refractivity contribution in [2.75, 3.05) is 5.88 Å². The molecule has 1 aromatic carbocycles. The van der Waals surface area contributed by atoms with Crippen molar-refractivity contribution < 1.29 is 0 Å². The summed E-state index contributed by atoms with van der Waals surface area (Å²) in [6.45, 7) is 0. The van der Waals surface area contributed by atoms with Gasteiger partial charge < -0.3 is 0 Å². The zero-order valence-electron chi connectivity index (χ0n) is 7.25. The summed E-state index contributed by atoms with van der Waals surface area (Å²) in [6, 6.07) is 10.2. The zero-order valence-corrected chi connectivity index (χ0v) is 9.58. The molecule has 0 heterocycles. The maximum Gasteiger partial charge on any atom is 0.0836 e. The first kappa shape index (κ1) is 11.2. The van der Waals surface area contributed by atoms with E-state index >= 15 is 0 Å². The first-order valence-electron chi connectivity index (χ1n) is 4.24. The van der Waals surface area contributed by atoms with Crippen molar-refractivity contribution in [2.45, 2.75) is 22.4 Å². The van der Waals surface area contributed by atoms with Gasteiger partial charge in [0.1, 0.15) is 0 Å². The summed E-state index contributed by atoms with van der Waals surface area (Å²) < 4.78 is 0.140. The number of halogens is 2. The van der Waals surface area contributed by atoms with Gasteiger partial charge in [-0.3, -0.25) is 0 Å². The Balaban J connectivity index is 2.32. The molecule has 0 nitrogen and oxygen atoms in total. The van der Waals surface area contributed by atoms with Gasteiger partial charge >= 0.3 is 0 Å². The van der Waals surface area contributed by atoms with Gasteiger partial charge in [0.15, 0.2) is 0 Å². The minimum atomic E-state index is 0.140. The summed E-state index contributed by atoms with van der Waals surface area (Å²) >= 11 is 13.4. The smallest absolute Gasteiger partial charge is 0.0836 e. The largest absolute Gasteiger partial charge is 0.127 e. The van der Waals surface area contributed by atoms with Gasteiger partial charge in [-0.25, -0.2) is 0 Å². The highest BCUT2D eigenvalue weighted by atomic mass is 35.5. The molecule has 0 bridgehead atoms. The van der Waals surface area contributed by atoms with Gasteiger partial charge in [-0.05, 0) is 25.0 Å². The summed E-state index contributed by atoms with van der Waals surface area (Å²) in [5, 5.41) is 0. The first-order valence-corrected chi connectivity index (χ1v) is 6.09. The van der Waals surface area contributed by atoms with Crippen LogP contribution in [0, 0.1) is 0 Å². The van der Waals surface area contributed by atoms with E-state index in [-0.39, 0.29) is 4.71 Å². The van der Waals surface area contributed by atoms with E-state index in [4.69, 9.17) is 23.2 Å². The molecule has 1 atom stereocenters. The Kier molecular flexibility index (Phi) is 5.68. The van der Waals surface area contributed by atoms with Crippen LogP contribution in [-0.4, -0.2) is 10.6 Å². The van der Waals surface area contributed by atoms with Crippen LogP contribution in [0.3, 0.4) is 0 Å². The Hall–Kier alpha value is 0.150. The third-order valence-electron chi connectivity index (χ3n) is 1.57. The van der Waals surface area contributed by atoms with Crippen LogP contribution in [0.1, 0.15) is 12.8 Å². The van der Waals surface area contributed by atoms with E-state index in [0.29, 0.717) is 5.88 Å². The predicted molar refractivity (Wildman–Crippen MR) is 61.9 cm³/mol. The van der Waals surface area contributed by atoms with Gasteiger partial charge in [0.25, 0.3) is 0 Å². The number of thioether (sulfide) groups is 1. The average molecular weight is 235 g/mol. The van der Waals surface area contributed by atoms with Crippen LogP contribution in [0.4, 0.5) is 0 Å². The maximum atomic E-state index is 6.10. The van der Waals surface area contributed by atoms with Crippen molar-refractivity contribution in [3.8, 4) is 0 Å². The Labute approximate surface area is 93.6 Å². The van der Waals surface area contributed by atoms with Crippen molar-refractivity contribution >= 4 is 35.0 Å². The second kappa shape index (κ2) is 6.58. The lowest BCUT2D eigenvalue weighted by Crippen LogP contribution is -1.92. The van der Waals surface area contributed by atoms with E-state index in [0.717, 1.165) is 12.8 Å². The van der Waals surface area contributed by atoms with Gasteiger partial charge in [0.05, 0.1) is 4.71 Å². The standard InChI is InChI=1S/C10H12Cl2S/c11-8-4-7-10(12)13-9-5-2-1-3-6-9/h1-3,5-6,10H,4,7-8H2. The lowest BCUT2D eigenvalue weighted by molar-refractivity contribution is 0.870. The van der Waals surface area contributed by atoms with Crippen molar-refractivity contribution in [1.29, 1.82) is 0 Å². The molecule has 3 heteroatoms.